The Hall–Kier alpha value is -1.84. The Morgan fingerprint density at radius 3 is 2.64 bits per heavy atom. The predicted octanol–water partition coefficient (Wildman–Crippen LogP) is 0.805. The highest BCUT2D eigenvalue weighted by atomic mass is 35.5. The van der Waals surface area contributed by atoms with Crippen molar-refractivity contribution in [1.29, 1.82) is 0 Å². The number of carbonyl (C=O) groups is 2. The smallest absolute Gasteiger partial charge is 0.334 e. The van der Waals surface area contributed by atoms with Crippen LogP contribution in [0.3, 0.4) is 0 Å². The van der Waals surface area contributed by atoms with Gasteiger partial charge in [-0.05, 0) is 24.6 Å². The van der Waals surface area contributed by atoms with Gasteiger partial charge < -0.3 is 14.7 Å². The topological polar surface area (TPSA) is 104 Å². The number of anilines is 1. The number of carboxylic acids is 1. The summed E-state index contributed by atoms with van der Waals surface area (Å²) in [5.41, 5.74) is 0.623. The number of sulfonamides is 1. The zero-order chi connectivity index (χ0) is 18.2. The van der Waals surface area contributed by atoms with Crippen LogP contribution in [0.5, 0.6) is 0 Å². The molecule has 10 heteroatoms. The van der Waals surface area contributed by atoms with Gasteiger partial charge in [0.05, 0.1) is 35.2 Å². The van der Waals surface area contributed by atoms with Crippen molar-refractivity contribution in [2.75, 3.05) is 36.3 Å². The molecule has 0 bridgehead atoms. The van der Waals surface area contributed by atoms with Crippen LogP contribution in [0, 0.1) is 0 Å². The molecule has 2 fully saturated rings. The van der Waals surface area contributed by atoms with Crippen LogP contribution in [0.25, 0.3) is 0 Å². The summed E-state index contributed by atoms with van der Waals surface area (Å²) >= 11 is 6.20. The van der Waals surface area contributed by atoms with Gasteiger partial charge in [0.25, 0.3) is 5.91 Å². The van der Waals surface area contributed by atoms with E-state index in [-0.39, 0.29) is 36.0 Å². The van der Waals surface area contributed by atoms with Crippen molar-refractivity contribution in [3.63, 3.8) is 0 Å². The predicted molar refractivity (Wildman–Crippen MR) is 90.5 cm³/mol. The zero-order valence-corrected chi connectivity index (χ0v) is 14.8. The monoisotopic (exact) mass is 388 g/mol. The highest BCUT2D eigenvalue weighted by molar-refractivity contribution is 7.93. The van der Waals surface area contributed by atoms with Gasteiger partial charge in [0.1, 0.15) is 0 Å². The molecule has 25 heavy (non-hydrogen) atoms. The Morgan fingerprint density at radius 2 is 2.04 bits per heavy atom. The lowest BCUT2D eigenvalue weighted by Crippen LogP contribution is -2.48. The molecule has 8 nitrogen and oxygen atoms in total. The fourth-order valence-electron chi connectivity index (χ4n) is 2.92. The third-order valence-electron chi connectivity index (χ3n) is 4.20. The summed E-state index contributed by atoms with van der Waals surface area (Å²) in [6.45, 7) is 0.716. The maximum absolute atomic E-state index is 12.6. The van der Waals surface area contributed by atoms with Crippen molar-refractivity contribution in [2.24, 2.45) is 0 Å². The van der Waals surface area contributed by atoms with Gasteiger partial charge in [0.15, 0.2) is 6.10 Å². The molecule has 0 saturated carbocycles. The lowest BCUT2D eigenvalue weighted by Gasteiger charge is -2.31. The van der Waals surface area contributed by atoms with E-state index in [2.05, 4.69) is 0 Å². The number of carbonyl (C=O) groups excluding carboxylic acids is 1. The summed E-state index contributed by atoms with van der Waals surface area (Å²) in [5, 5.41) is 9.15. The number of amides is 1. The molecule has 1 aromatic rings. The van der Waals surface area contributed by atoms with Crippen LogP contribution in [0.4, 0.5) is 5.69 Å². The number of benzene rings is 1. The van der Waals surface area contributed by atoms with Crippen molar-refractivity contribution in [3.05, 3.63) is 28.8 Å². The summed E-state index contributed by atoms with van der Waals surface area (Å²) in [6, 6.07) is 4.46. The van der Waals surface area contributed by atoms with Crippen LogP contribution in [0.2, 0.25) is 5.02 Å². The van der Waals surface area contributed by atoms with Gasteiger partial charge in [0.2, 0.25) is 10.0 Å². The third-order valence-corrected chi connectivity index (χ3v) is 6.38. The number of aliphatic carboxylic acids is 1. The minimum Gasteiger partial charge on any atom is -0.479 e. The maximum Gasteiger partial charge on any atom is 0.334 e. The number of hydrogen-bond acceptors (Lipinski definition) is 5. The van der Waals surface area contributed by atoms with Gasteiger partial charge in [-0.1, -0.05) is 11.6 Å². The Bertz CT molecular complexity index is 812. The van der Waals surface area contributed by atoms with Crippen LogP contribution < -0.4 is 4.31 Å². The van der Waals surface area contributed by atoms with E-state index in [0.29, 0.717) is 18.7 Å². The van der Waals surface area contributed by atoms with Crippen molar-refractivity contribution in [1.82, 2.24) is 4.90 Å². The highest BCUT2D eigenvalue weighted by Crippen LogP contribution is 2.29. The summed E-state index contributed by atoms with van der Waals surface area (Å²) in [4.78, 5) is 25.0. The quantitative estimate of drug-likeness (QED) is 0.821. The number of carboxylic acid groups (broad SMARTS) is 1. The second-order valence-electron chi connectivity index (χ2n) is 5.85. The first-order valence-corrected chi connectivity index (χ1v) is 9.72. The molecule has 1 amide bonds. The lowest BCUT2D eigenvalue weighted by molar-refractivity contribution is -0.154. The molecule has 0 aliphatic carbocycles. The van der Waals surface area contributed by atoms with Gasteiger partial charge in [-0.3, -0.25) is 9.10 Å². The summed E-state index contributed by atoms with van der Waals surface area (Å²) in [6.07, 6.45) is -0.518. The molecule has 1 atom stereocenters. The molecule has 2 aliphatic rings. The first-order valence-electron chi connectivity index (χ1n) is 7.73. The van der Waals surface area contributed by atoms with E-state index in [0.717, 1.165) is 0 Å². The van der Waals surface area contributed by atoms with Crippen molar-refractivity contribution >= 4 is 39.2 Å². The first kappa shape index (κ1) is 18.0. The molecule has 1 N–H and O–H groups in total. The van der Waals surface area contributed by atoms with Crippen LogP contribution in [0.1, 0.15) is 16.8 Å². The van der Waals surface area contributed by atoms with E-state index in [1.807, 2.05) is 0 Å². The van der Waals surface area contributed by atoms with E-state index in [1.54, 1.807) is 0 Å². The molecule has 3 rings (SSSR count). The van der Waals surface area contributed by atoms with Gasteiger partial charge in [0, 0.05) is 13.1 Å². The summed E-state index contributed by atoms with van der Waals surface area (Å²) in [5.74, 6) is -1.44. The van der Waals surface area contributed by atoms with Crippen LogP contribution in [-0.4, -0.2) is 68.4 Å². The number of halogens is 1. The van der Waals surface area contributed by atoms with Crippen molar-refractivity contribution in [2.45, 2.75) is 12.5 Å². The Balaban J connectivity index is 1.81. The first-order chi connectivity index (χ1) is 11.8. The molecule has 1 aromatic carbocycles. The molecule has 2 heterocycles. The number of hydrogen-bond donors (Lipinski definition) is 1. The Morgan fingerprint density at radius 1 is 1.28 bits per heavy atom. The SMILES string of the molecule is O=C(O)[C@H]1CN(C(=O)c2ccc(N3CCCS3(=O)=O)cc2Cl)CCO1. The molecule has 136 valence electrons. The number of nitrogens with zero attached hydrogens (tertiary/aromatic N) is 2. The molecule has 0 radical (unpaired) electrons. The molecular weight excluding hydrogens is 372 g/mol. The van der Waals surface area contributed by atoms with E-state index in [9.17, 15) is 18.0 Å². The molecule has 0 aromatic heterocycles. The minimum absolute atomic E-state index is 0.0627. The second-order valence-corrected chi connectivity index (χ2v) is 8.27. The van der Waals surface area contributed by atoms with Crippen LogP contribution >= 0.6 is 11.6 Å². The number of rotatable bonds is 3. The van der Waals surface area contributed by atoms with Gasteiger partial charge in [-0.2, -0.15) is 0 Å². The van der Waals surface area contributed by atoms with Crippen molar-refractivity contribution in [3.8, 4) is 0 Å². The minimum atomic E-state index is -3.33. The fraction of sp³-hybridized carbons (Fsp3) is 0.467. The van der Waals surface area contributed by atoms with Gasteiger partial charge >= 0.3 is 5.97 Å². The average Bonchev–Trinajstić information content (AvgIpc) is 2.93. The van der Waals surface area contributed by atoms with Gasteiger partial charge in [-0.25, -0.2) is 13.2 Å². The molecular formula is C15H17ClN2O6S. The number of morpholine rings is 1. The number of ether oxygens (including phenoxy) is 1. The molecule has 0 unspecified atom stereocenters. The van der Waals surface area contributed by atoms with Crippen LogP contribution in [0.15, 0.2) is 18.2 Å². The van der Waals surface area contributed by atoms with Crippen molar-refractivity contribution < 1.29 is 27.9 Å². The summed E-state index contributed by atoms with van der Waals surface area (Å²) < 4.78 is 30.3. The fourth-order valence-corrected chi connectivity index (χ4v) is 4.73. The maximum atomic E-state index is 12.6. The lowest BCUT2D eigenvalue weighted by atomic mass is 10.1. The largest absolute Gasteiger partial charge is 0.479 e. The van der Waals surface area contributed by atoms with E-state index < -0.39 is 28.0 Å². The van der Waals surface area contributed by atoms with E-state index >= 15 is 0 Å². The standard InChI is InChI=1S/C15H17ClN2O6S/c16-12-8-10(18-4-1-7-25(18,22)23)2-3-11(12)14(19)17-5-6-24-13(9-17)15(20)21/h2-3,8,13H,1,4-7,9H2,(H,20,21)/t13-/m1/s1. The van der Waals surface area contributed by atoms with Gasteiger partial charge in [-0.15, -0.1) is 0 Å². The highest BCUT2D eigenvalue weighted by Gasteiger charge is 2.32. The van der Waals surface area contributed by atoms with E-state index in [1.165, 1.54) is 27.4 Å². The molecule has 0 spiro atoms. The zero-order valence-electron chi connectivity index (χ0n) is 13.2. The normalized spacial score (nSPS) is 22.8. The molecule has 2 aliphatic heterocycles. The van der Waals surface area contributed by atoms with E-state index in [4.69, 9.17) is 21.4 Å². The third kappa shape index (κ3) is 3.58. The Kier molecular flexibility index (Phi) is 4.90. The second kappa shape index (κ2) is 6.81. The molecule has 2 saturated heterocycles. The Labute approximate surface area is 150 Å². The summed E-state index contributed by atoms with van der Waals surface area (Å²) in [7, 11) is -3.33. The average molecular weight is 389 g/mol. The van der Waals surface area contributed by atoms with Crippen LogP contribution in [-0.2, 0) is 19.6 Å².